The lowest BCUT2D eigenvalue weighted by atomic mass is 9.86. The second-order valence-corrected chi connectivity index (χ2v) is 11.5. The molecule has 2 heterocycles. The van der Waals surface area contributed by atoms with Crippen molar-refractivity contribution in [1.82, 2.24) is 18.3 Å². The Hall–Kier alpha value is -2.80. The number of hydrogen-bond donors (Lipinski definition) is 2. The zero-order chi connectivity index (χ0) is 30.5. The molecule has 0 saturated carbocycles. The summed E-state index contributed by atoms with van der Waals surface area (Å²) in [6.45, 7) is 0.00708. The first kappa shape index (κ1) is 31.1. The van der Waals surface area contributed by atoms with E-state index in [1.165, 1.54) is 49.5 Å². The van der Waals surface area contributed by atoms with Gasteiger partial charge in [0.2, 0.25) is 11.8 Å². The molecule has 0 unspecified atom stereocenters. The van der Waals surface area contributed by atoms with E-state index in [4.69, 9.17) is 75.6 Å². The Morgan fingerprint density at radius 2 is 1.22 bits per heavy atom. The van der Waals surface area contributed by atoms with Crippen LogP contribution in [0.5, 0.6) is 17.5 Å². The quantitative estimate of drug-likeness (QED) is 0.242. The Morgan fingerprint density at radius 3 is 1.66 bits per heavy atom. The molecule has 0 saturated heterocycles. The van der Waals surface area contributed by atoms with Crippen LogP contribution < -0.4 is 15.9 Å². The SMILES string of the molecule is Cn1c(O)c(C(c2cc(Cl)c(OCc3ccc(Cl)cc3Cl)c(Cl)c2)c2c(O)n(C)c(=S)n(C)c2=O)c(=O)n(C)c1=S. The topological polar surface area (TPSA) is 104 Å². The summed E-state index contributed by atoms with van der Waals surface area (Å²) in [7, 11) is 5.77. The van der Waals surface area contributed by atoms with Gasteiger partial charge < -0.3 is 14.9 Å². The van der Waals surface area contributed by atoms with Crippen LogP contribution in [0.15, 0.2) is 39.9 Å². The van der Waals surface area contributed by atoms with Crippen LogP contribution in [0.3, 0.4) is 0 Å². The summed E-state index contributed by atoms with van der Waals surface area (Å²) in [6, 6.07) is 7.78. The highest BCUT2D eigenvalue weighted by Gasteiger charge is 2.33. The Morgan fingerprint density at radius 1 is 0.756 bits per heavy atom. The summed E-state index contributed by atoms with van der Waals surface area (Å²) in [5, 5.41) is 23.2. The molecular formula is C26H22Cl4N4O5S2. The van der Waals surface area contributed by atoms with Crippen molar-refractivity contribution in [2.24, 2.45) is 28.2 Å². The van der Waals surface area contributed by atoms with Gasteiger partial charge in [0, 0.05) is 43.8 Å². The van der Waals surface area contributed by atoms with Crippen molar-refractivity contribution < 1.29 is 14.9 Å². The van der Waals surface area contributed by atoms with Crippen molar-refractivity contribution >= 4 is 70.8 Å². The third-order valence-corrected chi connectivity index (χ3v) is 8.90. The normalized spacial score (nSPS) is 11.3. The Balaban J connectivity index is 1.99. The van der Waals surface area contributed by atoms with Gasteiger partial charge in [-0.15, -0.1) is 0 Å². The van der Waals surface area contributed by atoms with Crippen molar-refractivity contribution in [3.63, 3.8) is 0 Å². The first-order valence-electron chi connectivity index (χ1n) is 11.7. The van der Waals surface area contributed by atoms with Gasteiger partial charge in [0.1, 0.15) is 6.61 Å². The van der Waals surface area contributed by atoms with Gasteiger partial charge in [0.25, 0.3) is 11.1 Å². The number of aromatic hydroxyl groups is 2. The highest BCUT2D eigenvalue weighted by molar-refractivity contribution is 7.71. The number of nitrogens with zero attached hydrogens (tertiary/aromatic N) is 4. The van der Waals surface area contributed by atoms with Crippen LogP contribution in [0.25, 0.3) is 0 Å². The van der Waals surface area contributed by atoms with Gasteiger partial charge >= 0.3 is 0 Å². The fourth-order valence-corrected chi connectivity index (χ4v) is 5.79. The van der Waals surface area contributed by atoms with Gasteiger partial charge in [0.05, 0.1) is 27.1 Å². The first-order chi connectivity index (χ1) is 19.2. The van der Waals surface area contributed by atoms with Gasteiger partial charge in [-0.2, -0.15) is 0 Å². The molecule has 0 amide bonds. The van der Waals surface area contributed by atoms with E-state index >= 15 is 0 Å². The van der Waals surface area contributed by atoms with Crippen LogP contribution in [-0.4, -0.2) is 28.5 Å². The van der Waals surface area contributed by atoms with Crippen LogP contribution in [0, 0.1) is 9.54 Å². The lowest BCUT2D eigenvalue weighted by Gasteiger charge is -2.24. The molecule has 2 aromatic carbocycles. The van der Waals surface area contributed by atoms with E-state index in [-0.39, 0.29) is 48.6 Å². The minimum absolute atomic E-state index is 0.00708. The molecule has 0 spiro atoms. The molecule has 15 heteroatoms. The largest absolute Gasteiger partial charge is 0.494 e. The van der Waals surface area contributed by atoms with E-state index in [9.17, 15) is 19.8 Å². The molecule has 0 aliphatic heterocycles. The highest BCUT2D eigenvalue weighted by atomic mass is 35.5. The van der Waals surface area contributed by atoms with Crippen molar-refractivity contribution in [1.29, 1.82) is 0 Å². The molecule has 0 aliphatic rings. The number of benzene rings is 2. The van der Waals surface area contributed by atoms with Crippen molar-refractivity contribution in [3.8, 4) is 17.5 Å². The summed E-state index contributed by atoms with van der Waals surface area (Å²) in [4.78, 5) is 27.1. The van der Waals surface area contributed by atoms with E-state index in [1.54, 1.807) is 18.2 Å². The van der Waals surface area contributed by atoms with Crippen LogP contribution in [-0.2, 0) is 34.8 Å². The minimum Gasteiger partial charge on any atom is -0.494 e. The lowest BCUT2D eigenvalue weighted by molar-refractivity contribution is 0.306. The Kier molecular flexibility index (Phi) is 8.98. The molecule has 4 aromatic rings. The average Bonchev–Trinajstić information content (AvgIpc) is 2.92. The summed E-state index contributed by atoms with van der Waals surface area (Å²) in [6.07, 6.45) is 0. The fourth-order valence-electron chi connectivity index (χ4n) is 4.37. The minimum atomic E-state index is -1.36. The number of halogens is 4. The number of aromatic nitrogens is 4. The van der Waals surface area contributed by atoms with Gasteiger partial charge in [-0.3, -0.25) is 27.9 Å². The van der Waals surface area contributed by atoms with E-state index in [0.717, 1.165) is 9.13 Å². The van der Waals surface area contributed by atoms with E-state index in [1.807, 2.05) is 0 Å². The molecule has 4 rings (SSSR count). The standard InChI is InChI=1S/C26H22Cl4N4O5S2/c1-31-21(35)18(22(36)32(2)25(31)40)17(19-23(37)33(3)26(41)34(4)24(19)38)12-7-15(29)20(16(30)8-12)39-10-11-5-6-13(27)9-14(11)28/h5-9,17,35,37H,10H2,1-4H3. The van der Waals surface area contributed by atoms with Gasteiger partial charge in [0.15, 0.2) is 15.3 Å². The van der Waals surface area contributed by atoms with Crippen molar-refractivity contribution in [2.75, 3.05) is 0 Å². The zero-order valence-corrected chi connectivity index (χ0v) is 26.6. The van der Waals surface area contributed by atoms with Gasteiger partial charge in [-0.1, -0.05) is 52.5 Å². The van der Waals surface area contributed by atoms with Crippen LogP contribution >= 0.6 is 70.8 Å². The molecule has 41 heavy (non-hydrogen) atoms. The Labute approximate surface area is 263 Å². The smallest absolute Gasteiger partial charge is 0.262 e. The van der Waals surface area contributed by atoms with E-state index in [0.29, 0.717) is 15.6 Å². The maximum absolute atomic E-state index is 13.6. The summed E-state index contributed by atoms with van der Waals surface area (Å²) >= 11 is 36.0. The maximum Gasteiger partial charge on any atom is 0.262 e. The van der Waals surface area contributed by atoms with Crippen molar-refractivity contribution in [3.05, 3.63) is 103 Å². The van der Waals surface area contributed by atoms with Crippen LogP contribution in [0.1, 0.15) is 28.2 Å². The number of hydrogen-bond acceptors (Lipinski definition) is 7. The molecule has 0 aliphatic carbocycles. The van der Waals surface area contributed by atoms with E-state index < -0.39 is 28.8 Å². The molecule has 0 radical (unpaired) electrons. The third-order valence-electron chi connectivity index (χ3n) is 6.65. The number of ether oxygens (including phenoxy) is 1. The predicted octanol–water partition coefficient (Wildman–Crippen LogP) is 6.00. The van der Waals surface area contributed by atoms with Gasteiger partial charge in [-0.05, 0) is 54.3 Å². The van der Waals surface area contributed by atoms with E-state index in [2.05, 4.69) is 0 Å². The zero-order valence-electron chi connectivity index (χ0n) is 21.9. The second-order valence-electron chi connectivity index (χ2n) is 9.16. The summed E-state index contributed by atoms with van der Waals surface area (Å²) in [5.74, 6) is -2.28. The van der Waals surface area contributed by atoms with Crippen molar-refractivity contribution in [2.45, 2.75) is 12.5 Å². The maximum atomic E-state index is 13.6. The first-order valence-corrected chi connectivity index (χ1v) is 14.0. The van der Waals surface area contributed by atoms with Crippen LogP contribution in [0.4, 0.5) is 0 Å². The van der Waals surface area contributed by atoms with Gasteiger partial charge in [-0.25, -0.2) is 0 Å². The molecule has 2 aromatic heterocycles. The predicted molar refractivity (Wildman–Crippen MR) is 165 cm³/mol. The fraction of sp³-hybridized carbons (Fsp3) is 0.231. The molecule has 216 valence electrons. The highest BCUT2D eigenvalue weighted by Crippen LogP contribution is 2.42. The molecule has 0 bridgehead atoms. The Bertz CT molecular complexity index is 1860. The molecule has 0 fully saturated rings. The lowest BCUT2D eigenvalue weighted by Crippen LogP contribution is -2.33. The molecule has 2 N–H and O–H groups in total. The summed E-state index contributed by atoms with van der Waals surface area (Å²) < 4.78 is 10.6. The second kappa shape index (κ2) is 11.8. The third kappa shape index (κ3) is 5.54. The average molecular weight is 676 g/mol. The molecular weight excluding hydrogens is 654 g/mol. The monoisotopic (exact) mass is 674 g/mol. The molecule has 9 nitrogen and oxygen atoms in total. The summed E-state index contributed by atoms with van der Waals surface area (Å²) in [5.41, 5.74) is -1.08. The number of rotatable bonds is 6. The van der Waals surface area contributed by atoms with Crippen LogP contribution in [0.2, 0.25) is 20.1 Å². The molecule has 0 atom stereocenters.